The van der Waals surface area contributed by atoms with Crippen molar-refractivity contribution >= 4 is 15.2 Å². The minimum atomic E-state index is -0.838. The summed E-state index contributed by atoms with van der Waals surface area (Å²) in [6.07, 6.45) is 1.40. The predicted molar refractivity (Wildman–Crippen MR) is 33.2 cm³/mol. The lowest BCUT2D eigenvalue weighted by molar-refractivity contribution is 0.198. The Balaban J connectivity index is 2.83. The third kappa shape index (κ3) is 1.28. The highest BCUT2D eigenvalue weighted by molar-refractivity contribution is 6.45. The van der Waals surface area contributed by atoms with Gasteiger partial charge in [0.15, 0.2) is 5.76 Å². The Labute approximate surface area is 58.7 Å². The molecule has 4 heteroatoms. The quantitative estimate of drug-likeness (QED) is 0.411. The number of allylic oxidation sites excluding steroid dienone is 1. The molecular formula is C5H6AlO3. The minimum Gasteiger partial charge on any atom is -0.507 e. The van der Waals surface area contributed by atoms with Crippen molar-refractivity contribution in [3.8, 4) is 0 Å². The first kappa shape index (κ1) is 6.69. The maximum absolute atomic E-state index is 8.87. The van der Waals surface area contributed by atoms with Gasteiger partial charge in [-0.25, -0.2) is 0 Å². The predicted octanol–water partition coefficient (Wildman–Crippen LogP) is -0.136. The van der Waals surface area contributed by atoms with E-state index in [2.05, 4.69) is 0 Å². The summed E-state index contributed by atoms with van der Waals surface area (Å²) in [7, 11) is 0. The second-order valence-electron chi connectivity index (χ2n) is 1.77. The highest BCUT2D eigenvalue weighted by Crippen LogP contribution is 2.08. The van der Waals surface area contributed by atoms with E-state index in [1.165, 1.54) is 6.08 Å². The molecule has 0 amide bonds. The summed E-state index contributed by atoms with van der Waals surface area (Å²) in [6, 6.07) is 0. The molecule has 1 unspecified atom stereocenters. The summed E-state index contributed by atoms with van der Waals surface area (Å²) in [6.45, 7) is 0. The molecule has 0 saturated heterocycles. The van der Waals surface area contributed by atoms with E-state index >= 15 is 0 Å². The van der Waals surface area contributed by atoms with Crippen LogP contribution in [0.1, 0.15) is 0 Å². The van der Waals surface area contributed by atoms with Gasteiger partial charge >= 0.3 is 0 Å². The maximum atomic E-state index is 8.87. The summed E-state index contributed by atoms with van der Waals surface area (Å²) in [5, 5.41) is 26.4. The highest BCUT2D eigenvalue weighted by Gasteiger charge is 2.16. The zero-order valence-corrected chi connectivity index (χ0v) is 5.81. The monoisotopic (exact) mass is 141 g/mol. The normalized spacial score (nSPS) is 26.1. The molecule has 0 spiro atoms. The van der Waals surface area contributed by atoms with E-state index in [1.54, 1.807) is 4.94 Å². The van der Waals surface area contributed by atoms with Crippen LogP contribution < -0.4 is 0 Å². The molecular weight excluding hydrogens is 135 g/mol. The molecule has 3 nitrogen and oxygen atoms in total. The Hall–Kier alpha value is -0.428. The fourth-order valence-corrected chi connectivity index (χ4v) is 1.44. The molecule has 1 heterocycles. The van der Waals surface area contributed by atoms with Gasteiger partial charge in [0.2, 0.25) is 0 Å². The van der Waals surface area contributed by atoms with Gasteiger partial charge in [-0.15, -0.1) is 4.94 Å². The summed E-state index contributed by atoms with van der Waals surface area (Å²) in [5.74, 6) is -0.520. The summed E-state index contributed by atoms with van der Waals surface area (Å²) in [5.41, 5.74) is 0. The Kier molecular flexibility index (Phi) is 1.82. The number of rotatable bonds is 0. The van der Waals surface area contributed by atoms with Crippen LogP contribution in [0.15, 0.2) is 22.5 Å². The van der Waals surface area contributed by atoms with Gasteiger partial charge < -0.3 is 15.3 Å². The molecule has 0 aromatic heterocycles. The van der Waals surface area contributed by atoms with E-state index in [1.807, 2.05) is 0 Å². The van der Waals surface area contributed by atoms with Gasteiger partial charge in [-0.1, -0.05) is 0 Å². The Bertz CT molecular complexity index is 173. The second kappa shape index (κ2) is 2.44. The Morgan fingerprint density at radius 1 is 1.44 bits per heavy atom. The fourth-order valence-electron chi connectivity index (χ4n) is 0.580. The summed E-state index contributed by atoms with van der Waals surface area (Å²) >= 11 is -0.295. The van der Waals surface area contributed by atoms with Gasteiger partial charge in [0.05, 0.1) is 4.97 Å². The zero-order chi connectivity index (χ0) is 6.85. The van der Waals surface area contributed by atoms with Gasteiger partial charge in [0, 0.05) is 0 Å². The standard InChI is InChI=1S/C5H6O3.Al/c1-2-4(7)5(8)3-6;/h1-3,6-8H;. The van der Waals surface area contributed by atoms with Crippen LogP contribution in [-0.2, 0) is 0 Å². The van der Waals surface area contributed by atoms with E-state index in [0.717, 1.165) is 0 Å². The van der Waals surface area contributed by atoms with Crippen LogP contribution in [0.3, 0.4) is 0 Å². The van der Waals surface area contributed by atoms with Crippen LogP contribution in [0.5, 0.6) is 0 Å². The van der Waals surface area contributed by atoms with Gasteiger partial charge in [-0.3, -0.25) is 0 Å². The lowest BCUT2D eigenvalue weighted by atomic mass is 10.4. The average molecular weight is 141 g/mol. The molecule has 0 fully saturated rings. The molecule has 3 N–H and O–H groups in total. The number of hydrogen-bond donors (Lipinski definition) is 3. The van der Waals surface area contributed by atoms with Crippen LogP contribution in [-0.4, -0.2) is 35.5 Å². The lowest BCUT2D eigenvalue weighted by Crippen LogP contribution is -2.21. The van der Waals surface area contributed by atoms with Crippen LogP contribution in [0, 0.1) is 0 Å². The molecule has 0 aromatic carbocycles. The van der Waals surface area contributed by atoms with Crippen molar-refractivity contribution < 1.29 is 15.3 Å². The van der Waals surface area contributed by atoms with Crippen molar-refractivity contribution in [3.05, 3.63) is 22.5 Å². The minimum absolute atomic E-state index is 0.221. The molecule has 1 aliphatic rings. The molecule has 9 heavy (non-hydrogen) atoms. The van der Waals surface area contributed by atoms with Crippen molar-refractivity contribution in [2.45, 2.75) is 4.97 Å². The fraction of sp³-hybridized carbons (Fsp3) is 0.200. The third-order valence-electron chi connectivity index (χ3n) is 1.09. The van der Waals surface area contributed by atoms with Gasteiger partial charge in [0.25, 0.3) is 15.2 Å². The molecule has 1 atom stereocenters. The summed E-state index contributed by atoms with van der Waals surface area (Å²) < 4.78 is 0. The van der Waals surface area contributed by atoms with Gasteiger partial charge in [0.1, 0.15) is 5.76 Å². The van der Waals surface area contributed by atoms with E-state index in [-0.39, 0.29) is 26.7 Å². The molecule has 1 rings (SSSR count). The van der Waals surface area contributed by atoms with Crippen LogP contribution in [0.4, 0.5) is 0 Å². The Morgan fingerprint density at radius 2 is 2.11 bits per heavy atom. The zero-order valence-electron chi connectivity index (χ0n) is 4.65. The SMILES string of the molecule is OC1=C(O)[CH](O)[Al][CH]=C1. The van der Waals surface area contributed by atoms with E-state index in [9.17, 15) is 0 Å². The Morgan fingerprint density at radius 3 is 2.56 bits per heavy atom. The first-order valence-corrected chi connectivity index (χ1v) is 3.87. The number of aliphatic hydroxyl groups excluding tert-OH is 3. The van der Waals surface area contributed by atoms with Crippen molar-refractivity contribution in [1.29, 1.82) is 0 Å². The number of hydrogen-bond acceptors (Lipinski definition) is 3. The highest BCUT2D eigenvalue weighted by atomic mass is 27.1. The van der Waals surface area contributed by atoms with Crippen molar-refractivity contribution in [1.82, 2.24) is 0 Å². The third-order valence-corrected chi connectivity index (χ3v) is 2.19. The lowest BCUT2D eigenvalue weighted by Gasteiger charge is -2.10. The smallest absolute Gasteiger partial charge is 0.298 e. The van der Waals surface area contributed by atoms with Crippen LogP contribution in [0.25, 0.3) is 0 Å². The largest absolute Gasteiger partial charge is 0.507 e. The van der Waals surface area contributed by atoms with Crippen molar-refractivity contribution in [3.63, 3.8) is 0 Å². The van der Waals surface area contributed by atoms with E-state index in [4.69, 9.17) is 15.3 Å². The average Bonchev–Trinajstić information content (AvgIpc) is 1.83. The van der Waals surface area contributed by atoms with E-state index < -0.39 is 4.97 Å². The topological polar surface area (TPSA) is 60.7 Å². The maximum Gasteiger partial charge on any atom is 0.298 e. The van der Waals surface area contributed by atoms with Gasteiger partial charge in [-0.05, 0) is 6.08 Å². The van der Waals surface area contributed by atoms with Gasteiger partial charge in [-0.2, -0.15) is 0 Å². The van der Waals surface area contributed by atoms with Crippen LogP contribution >= 0.6 is 0 Å². The molecule has 47 valence electrons. The van der Waals surface area contributed by atoms with E-state index in [0.29, 0.717) is 0 Å². The second-order valence-corrected chi connectivity index (χ2v) is 3.17. The molecule has 0 aromatic rings. The molecule has 1 radical (unpaired) electrons. The summed E-state index contributed by atoms with van der Waals surface area (Å²) in [4.78, 5) is 0.842. The first-order chi connectivity index (χ1) is 4.22. The van der Waals surface area contributed by atoms with Crippen LogP contribution in [0.2, 0.25) is 0 Å². The molecule has 0 saturated carbocycles. The molecule has 0 bridgehead atoms. The molecule has 1 aliphatic heterocycles. The van der Waals surface area contributed by atoms with Crippen molar-refractivity contribution in [2.24, 2.45) is 0 Å². The molecule has 0 aliphatic carbocycles. The number of aliphatic hydroxyl groups is 3. The van der Waals surface area contributed by atoms with Crippen molar-refractivity contribution in [2.75, 3.05) is 0 Å². The first-order valence-electron chi connectivity index (χ1n) is 2.53.